The maximum Gasteiger partial charge on any atom is 0.232 e. The van der Waals surface area contributed by atoms with Gasteiger partial charge in [-0.05, 0) is 45.8 Å². The predicted molar refractivity (Wildman–Crippen MR) is 121 cm³/mol. The predicted octanol–water partition coefficient (Wildman–Crippen LogP) is 4.06. The van der Waals surface area contributed by atoms with Crippen molar-refractivity contribution in [2.75, 3.05) is 37.7 Å². The molecule has 158 valence electrons. The summed E-state index contributed by atoms with van der Waals surface area (Å²) in [6.45, 7) is 11.1. The fourth-order valence-electron chi connectivity index (χ4n) is 3.73. The SMILES string of the molecule is CCNC(=S)N(Cc1c(-c2ccccc2)noc1N(CC)CC)C[C@H]1CCCO1. The highest BCUT2D eigenvalue weighted by atomic mass is 32.1. The highest BCUT2D eigenvalue weighted by Crippen LogP contribution is 2.32. The number of rotatable bonds is 9. The summed E-state index contributed by atoms with van der Waals surface area (Å²) in [5, 5.41) is 8.50. The molecule has 0 radical (unpaired) electrons. The Morgan fingerprint density at radius 2 is 1.97 bits per heavy atom. The van der Waals surface area contributed by atoms with Gasteiger partial charge in [0.1, 0.15) is 5.69 Å². The zero-order valence-electron chi connectivity index (χ0n) is 17.7. The molecule has 2 aromatic rings. The topological polar surface area (TPSA) is 53.8 Å². The fraction of sp³-hybridized carbons (Fsp3) is 0.545. The number of anilines is 1. The van der Waals surface area contributed by atoms with Gasteiger partial charge in [-0.2, -0.15) is 0 Å². The van der Waals surface area contributed by atoms with Gasteiger partial charge in [-0.15, -0.1) is 0 Å². The van der Waals surface area contributed by atoms with Gasteiger partial charge in [0.15, 0.2) is 5.11 Å². The Morgan fingerprint density at radius 1 is 1.21 bits per heavy atom. The largest absolute Gasteiger partial charge is 0.376 e. The minimum absolute atomic E-state index is 0.212. The van der Waals surface area contributed by atoms with Gasteiger partial charge in [0.2, 0.25) is 5.88 Å². The molecule has 1 aliphatic heterocycles. The normalized spacial score (nSPS) is 16.0. The van der Waals surface area contributed by atoms with Crippen LogP contribution in [-0.2, 0) is 11.3 Å². The van der Waals surface area contributed by atoms with Crippen molar-refractivity contribution in [3.05, 3.63) is 35.9 Å². The van der Waals surface area contributed by atoms with Crippen LogP contribution in [0.3, 0.4) is 0 Å². The second-order valence-electron chi connectivity index (χ2n) is 7.20. The van der Waals surface area contributed by atoms with Gasteiger partial charge in [0, 0.05) is 38.3 Å². The first-order valence-corrected chi connectivity index (χ1v) is 11.0. The number of thiocarbonyl (C=S) groups is 1. The summed E-state index contributed by atoms with van der Waals surface area (Å²) in [5.74, 6) is 0.825. The molecule has 0 unspecified atom stereocenters. The average Bonchev–Trinajstić information content (AvgIpc) is 3.40. The Bertz CT molecular complexity index is 770. The number of nitrogens with zero attached hydrogens (tertiary/aromatic N) is 3. The molecule has 1 aromatic carbocycles. The van der Waals surface area contributed by atoms with E-state index < -0.39 is 0 Å². The van der Waals surface area contributed by atoms with Crippen molar-refractivity contribution < 1.29 is 9.26 Å². The van der Waals surface area contributed by atoms with Gasteiger partial charge in [-0.25, -0.2) is 0 Å². The van der Waals surface area contributed by atoms with Crippen molar-refractivity contribution in [2.24, 2.45) is 0 Å². The summed E-state index contributed by atoms with van der Waals surface area (Å²) in [7, 11) is 0. The van der Waals surface area contributed by atoms with Crippen LogP contribution in [0.1, 0.15) is 39.2 Å². The lowest BCUT2D eigenvalue weighted by Crippen LogP contribution is -2.43. The van der Waals surface area contributed by atoms with Gasteiger partial charge >= 0.3 is 0 Å². The first kappa shape index (κ1) is 21.6. The quantitative estimate of drug-likeness (QED) is 0.619. The Morgan fingerprint density at radius 3 is 2.59 bits per heavy atom. The summed E-state index contributed by atoms with van der Waals surface area (Å²) < 4.78 is 11.7. The molecule has 0 bridgehead atoms. The molecule has 1 aliphatic rings. The summed E-state index contributed by atoms with van der Waals surface area (Å²) in [6.07, 6.45) is 2.40. The molecule has 1 atom stereocenters. The van der Waals surface area contributed by atoms with Crippen LogP contribution in [0.4, 0.5) is 5.88 Å². The molecule has 0 aliphatic carbocycles. The lowest BCUT2D eigenvalue weighted by atomic mass is 10.1. The third-order valence-electron chi connectivity index (χ3n) is 5.28. The van der Waals surface area contributed by atoms with Crippen LogP contribution < -0.4 is 10.2 Å². The van der Waals surface area contributed by atoms with E-state index in [0.29, 0.717) is 6.54 Å². The fourth-order valence-corrected chi connectivity index (χ4v) is 4.02. The Hall–Kier alpha value is -2.12. The van der Waals surface area contributed by atoms with Crippen molar-refractivity contribution in [3.8, 4) is 11.3 Å². The highest BCUT2D eigenvalue weighted by Gasteiger charge is 2.27. The molecule has 1 N–H and O–H groups in total. The molecular formula is C22H32N4O2S. The van der Waals surface area contributed by atoms with E-state index in [1.54, 1.807) is 0 Å². The summed E-state index contributed by atoms with van der Waals surface area (Å²) in [4.78, 5) is 4.40. The van der Waals surface area contributed by atoms with Crippen molar-refractivity contribution in [3.63, 3.8) is 0 Å². The van der Waals surface area contributed by atoms with Crippen LogP contribution in [0.2, 0.25) is 0 Å². The molecule has 1 fully saturated rings. The average molecular weight is 417 g/mol. The van der Waals surface area contributed by atoms with Gasteiger partial charge in [0.05, 0.1) is 18.2 Å². The number of aromatic nitrogens is 1. The molecule has 6 nitrogen and oxygen atoms in total. The van der Waals surface area contributed by atoms with Crippen molar-refractivity contribution in [1.82, 2.24) is 15.4 Å². The van der Waals surface area contributed by atoms with E-state index >= 15 is 0 Å². The third kappa shape index (κ3) is 5.28. The third-order valence-corrected chi connectivity index (χ3v) is 5.68. The molecule has 2 heterocycles. The lowest BCUT2D eigenvalue weighted by molar-refractivity contribution is 0.0898. The van der Waals surface area contributed by atoms with Crippen LogP contribution in [0.5, 0.6) is 0 Å². The minimum Gasteiger partial charge on any atom is -0.376 e. The maximum absolute atomic E-state index is 5.89. The second-order valence-corrected chi connectivity index (χ2v) is 7.59. The van der Waals surface area contributed by atoms with E-state index in [-0.39, 0.29) is 6.10 Å². The van der Waals surface area contributed by atoms with Gasteiger partial charge < -0.3 is 24.4 Å². The zero-order chi connectivity index (χ0) is 20.6. The number of benzene rings is 1. The Labute approximate surface area is 179 Å². The number of nitrogens with one attached hydrogen (secondary N) is 1. The number of ether oxygens (including phenoxy) is 1. The van der Waals surface area contributed by atoms with Crippen LogP contribution in [0.25, 0.3) is 11.3 Å². The van der Waals surface area contributed by atoms with Gasteiger partial charge in [-0.3, -0.25) is 0 Å². The van der Waals surface area contributed by atoms with Crippen LogP contribution in [0.15, 0.2) is 34.9 Å². The minimum atomic E-state index is 0.212. The molecule has 0 saturated carbocycles. The van der Waals surface area contributed by atoms with Gasteiger partial charge in [-0.1, -0.05) is 35.5 Å². The van der Waals surface area contributed by atoms with Crippen LogP contribution in [0, 0.1) is 0 Å². The second kappa shape index (κ2) is 10.6. The van der Waals surface area contributed by atoms with Crippen molar-refractivity contribution in [2.45, 2.75) is 46.3 Å². The molecule has 0 amide bonds. The molecule has 1 saturated heterocycles. The van der Waals surface area contributed by atoms with E-state index in [9.17, 15) is 0 Å². The van der Waals surface area contributed by atoms with Gasteiger partial charge in [0.25, 0.3) is 0 Å². The number of hydrogen-bond donors (Lipinski definition) is 1. The monoisotopic (exact) mass is 416 g/mol. The maximum atomic E-state index is 5.89. The van der Waals surface area contributed by atoms with E-state index in [0.717, 1.165) is 73.4 Å². The Kier molecular flexibility index (Phi) is 7.89. The molecule has 3 rings (SSSR count). The van der Waals surface area contributed by atoms with E-state index in [1.807, 2.05) is 18.2 Å². The molecule has 29 heavy (non-hydrogen) atoms. The number of hydrogen-bond acceptors (Lipinski definition) is 5. The first-order chi connectivity index (χ1) is 14.2. The van der Waals surface area contributed by atoms with Crippen molar-refractivity contribution >= 4 is 23.2 Å². The van der Waals surface area contributed by atoms with Crippen molar-refractivity contribution in [1.29, 1.82) is 0 Å². The van der Waals surface area contributed by atoms with Crippen LogP contribution in [-0.4, -0.2) is 54.1 Å². The first-order valence-electron chi connectivity index (χ1n) is 10.6. The molecule has 1 aromatic heterocycles. The van der Waals surface area contributed by atoms with E-state index in [1.165, 1.54) is 0 Å². The smallest absolute Gasteiger partial charge is 0.232 e. The molecular weight excluding hydrogens is 384 g/mol. The standard InChI is InChI=1S/C22H32N4O2S/c1-4-23-22(29)26(15-18-13-10-14-27-18)16-19-20(17-11-8-7-9-12-17)24-28-21(19)25(5-2)6-3/h7-9,11-12,18H,4-6,10,13-16H2,1-3H3,(H,23,29)/t18-/m1/s1. The van der Waals surface area contributed by atoms with E-state index in [2.05, 4.69) is 53.2 Å². The molecule has 7 heteroatoms. The zero-order valence-corrected chi connectivity index (χ0v) is 18.5. The lowest BCUT2D eigenvalue weighted by Gasteiger charge is -2.29. The highest BCUT2D eigenvalue weighted by molar-refractivity contribution is 7.80. The summed E-state index contributed by atoms with van der Waals surface area (Å²) >= 11 is 5.70. The van der Waals surface area contributed by atoms with Crippen LogP contribution >= 0.6 is 12.2 Å². The summed E-state index contributed by atoms with van der Waals surface area (Å²) in [6, 6.07) is 10.2. The Balaban J connectivity index is 1.95. The molecule has 0 spiro atoms. The van der Waals surface area contributed by atoms with E-state index in [4.69, 9.17) is 21.5 Å². The summed E-state index contributed by atoms with van der Waals surface area (Å²) in [5.41, 5.74) is 3.00.